The van der Waals surface area contributed by atoms with Crippen LogP contribution in [0.4, 0.5) is 4.39 Å². The molecular weight excluding hydrogens is 275 g/mol. The fraction of sp³-hybridized carbons (Fsp3) is 0.235. The van der Waals surface area contributed by atoms with Crippen molar-refractivity contribution in [1.82, 2.24) is 0 Å². The summed E-state index contributed by atoms with van der Waals surface area (Å²) >= 11 is 5.69. The molecule has 0 radical (unpaired) electrons. The zero-order valence-corrected chi connectivity index (χ0v) is 12.3. The fourth-order valence-corrected chi connectivity index (χ4v) is 2.37. The van der Waals surface area contributed by atoms with Gasteiger partial charge in [-0.3, -0.25) is 4.79 Å². The molecule has 0 aromatic heterocycles. The molecule has 0 N–H and O–H groups in total. The van der Waals surface area contributed by atoms with Crippen molar-refractivity contribution < 1.29 is 9.18 Å². The molecule has 0 aliphatic carbocycles. The summed E-state index contributed by atoms with van der Waals surface area (Å²) in [5, 5.41) is -0.0117. The van der Waals surface area contributed by atoms with Crippen LogP contribution in [0, 0.1) is 19.7 Å². The molecule has 2 aromatic carbocycles. The second-order valence-electron chi connectivity index (χ2n) is 4.98. The average molecular weight is 291 g/mol. The summed E-state index contributed by atoms with van der Waals surface area (Å²) in [6, 6.07) is 10.3. The van der Waals surface area contributed by atoms with Crippen LogP contribution in [-0.2, 0) is 6.42 Å². The molecule has 0 heterocycles. The molecule has 3 heteroatoms. The molecule has 0 atom stereocenters. The van der Waals surface area contributed by atoms with Gasteiger partial charge in [0.15, 0.2) is 5.78 Å². The van der Waals surface area contributed by atoms with Crippen molar-refractivity contribution in [2.75, 3.05) is 0 Å². The molecule has 0 spiro atoms. The Hall–Kier alpha value is -1.67. The van der Waals surface area contributed by atoms with Crippen molar-refractivity contribution >= 4 is 17.4 Å². The van der Waals surface area contributed by atoms with Crippen molar-refractivity contribution in [1.29, 1.82) is 0 Å². The molecule has 0 saturated heterocycles. The molecule has 20 heavy (non-hydrogen) atoms. The van der Waals surface area contributed by atoms with Crippen LogP contribution in [0.2, 0.25) is 5.02 Å². The number of rotatable bonds is 4. The first-order valence-corrected chi connectivity index (χ1v) is 6.89. The molecule has 0 aliphatic rings. The normalized spacial score (nSPS) is 10.6. The van der Waals surface area contributed by atoms with Gasteiger partial charge in [-0.25, -0.2) is 4.39 Å². The van der Waals surface area contributed by atoms with Crippen LogP contribution in [0.15, 0.2) is 36.4 Å². The van der Waals surface area contributed by atoms with Gasteiger partial charge >= 0.3 is 0 Å². The maximum atomic E-state index is 13.1. The Balaban J connectivity index is 2.06. The van der Waals surface area contributed by atoms with Crippen LogP contribution in [0.1, 0.15) is 33.5 Å². The number of halogens is 2. The highest BCUT2D eigenvalue weighted by Crippen LogP contribution is 2.19. The Morgan fingerprint density at radius 1 is 1.15 bits per heavy atom. The maximum absolute atomic E-state index is 13.1. The van der Waals surface area contributed by atoms with Crippen molar-refractivity contribution in [2.24, 2.45) is 0 Å². The lowest BCUT2D eigenvalue weighted by Gasteiger charge is -2.07. The van der Waals surface area contributed by atoms with E-state index in [1.807, 2.05) is 19.9 Å². The van der Waals surface area contributed by atoms with E-state index in [2.05, 4.69) is 12.1 Å². The van der Waals surface area contributed by atoms with Gasteiger partial charge in [-0.15, -0.1) is 0 Å². The Morgan fingerprint density at radius 2 is 1.90 bits per heavy atom. The summed E-state index contributed by atoms with van der Waals surface area (Å²) in [5.41, 5.74) is 4.02. The lowest BCUT2D eigenvalue weighted by atomic mass is 9.98. The van der Waals surface area contributed by atoms with Crippen LogP contribution in [-0.4, -0.2) is 5.78 Å². The Bertz CT molecular complexity index is 649. The van der Waals surface area contributed by atoms with Crippen LogP contribution >= 0.6 is 11.6 Å². The molecular formula is C17H16ClFO. The van der Waals surface area contributed by atoms with E-state index in [1.165, 1.54) is 29.3 Å². The zero-order valence-electron chi connectivity index (χ0n) is 11.5. The van der Waals surface area contributed by atoms with Gasteiger partial charge in [0.05, 0.1) is 5.02 Å². The highest BCUT2D eigenvalue weighted by molar-refractivity contribution is 6.31. The van der Waals surface area contributed by atoms with Crippen molar-refractivity contribution in [2.45, 2.75) is 26.7 Å². The van der Waals surface area contributed by atoms with E-state index < -0.39 is 5.82 Å². The molecule has 0 saturated carbocycles. The lowest BCUT2D eigenvalue weighted by molar-refractivity contribution is 0.0983. The fourth-order valence-electron chi connectivity index (χ4n) is 2.19. The van der Waals surface area contributed by atoms with Gasteiger partial charge in [-0.2, -0.15) is 0 Å². The molecule has 0 unspecified atom stereocenters. The molecule has 0 amide bonds. The molecule has 0 aliphatic heterocycles. The highest BCUT2D eigenvalue weighted by atomic mass is 35.5. The molecule has 104 valence electrons. The smallest absolute Gasteiger partial charge is 0.163 e. The number of hydrogen-bond donors (Lipinski definition) is 0. The third-order valence-corrected chi connectivity index (χ3v) is 3.65. The van der Waals surface area contributed by atoms with Crippen molar-refractivity contribution in [3.63, 3.8) is 0 Å². The minimum atomic E-state index is -0.502. The molecule has 2 aromatic rings. The summed E-state index contributed by atoms with van der Waals surface area (Å²) in [7, 11) is 0. The summed E-state index contributed by atoms with van der Waals surface area (Å²) < 4.78 is 13.1. The zero-order chi connectivity index (χ0) is 14.7. The summed E-state index contributed by atoms with van der Waals surface area (Å²) in [4.78, 5) is 12.1. The van der Waals surface area contributed by atoms with E-state index in [0.29, 0.717) is 18.4 Å². The monoisotopic (exact) mass is 290 g/mol. The number of Topliss-reactive ketones (excluding diaryl/α,β-unsaturated/α-hetero) is 1. The first-order chi connectivity index (χ1) is 9.47. The van der Waals surface area contributed by atoms with Crippen LogP contribution < -0.4 is 0 Å². The number of ketones is 1. The standard InChI is InChI=1S/C17H16ClFO/c1-11-3-4-13(12(2)9-11)6-8-17(20)14-5-7-16(19)15(18)10-14/h3-5,7,9-10H,6,8H2,1-2H3. The largest absolute Gasteiger partial charge is 0.294 e. The molecule has 0 bridgehead atoms. The van der Waals surface area contributed by atoms with Gasteiger partial charge in [-0.05, 0) is 49.6 Å². The second-order valence-corrected chi connectivity index (χ2v) is 5.39. The minimum Gasteiger partial charge on any atom is -0.294 e. The van der Waals surface area contributed by atoms with E-state index in [9.17, 15) is 9.18 Å². The van der Waals surface area contributed by atoms with Gasteiger partial charge in [0, 0.05) is 12.0 Å². The van der Waals surface area contributed by atoms with Gasteiger partial charge in [-0.1, -0.05) is 35.4 Å². The molecule has 2 rings (SSSR count). The summed E-state index contributed by atoms with van der Waals surface area (Å²) in [6.45, 7) is 4.09. The first-order valence-electron chi connectivity index (χ1n) is 6.52. The van der Waals surface area contributed by atoms with E-state index in [0.717, 1.165) is 5.56 Å². The average Bonchev–Trinajstić information content (AvgIpc) is 2.40. The number of benzene rings is 2. The predicted octanol–water partition coefficient (Wildman–Crippen LogP) is 4.91. The van der Waals surface area contributed by atoms with Crippen LogP contribution in [0.25, 0.3) is 0 Å². The third kappa shape index (κ3) is 3.45. The van der Waals surface area contributed by atoms with Gasteiger partial charge < -0.3 is 0 Å². The second kappa shape index (κ2) is 6.19. The van der Waals surface area contributed by atoms with E-state index in [4.69, 9.17) is 11.6 Å². The SMILES string of the molecule is Cc1ccc(CCC(=O)c2ccc(F)c(Cl)c2)c(C)c1. The van der Waals surface area contributed by atoms with E-state index >= 15 is 0 Å². The number of aryl methyl sites for hydroxylation is 3. The molecule has 0 fully saturated rings. The van der Waals surface area contributed by atoms with Crippen molar-refractivity contribution in [3.05, 3.63) is 69.5 Å². The third-order valence-electron chi connectivity index (χ3n) is 3.36. The van der Waals surface area contributed by atoms with Gasteiger partial charge in [0.25, 0.3) is 0 Å². The quantitative estimate of drug-likeness (QED) is 0.731. The van der Waals surface area contributed by atoms with Gasteiger partial charge in [0.2, 0.25) is 0 Å². The van der Waals surface area contributed by atoms with Gasteiger partial charge in [0.1, 0.15) is 5.82 Å². The lowest BCUT2D eigenvalue weighted by Crippen LogP contribution is -2.02. The predicted molar refractivity (Wildman–Crippen MR) is 80.0 cm³/mol. The molecule has 1 nitrogen and oxygen atoms in total. The first kappa shape index (κ1) is 14.7. The number of carbonyl (C=O) groups is 1. The van der Waals surface area contributed by atoms with E-state index in [-0.39, 0.29) is 10.8 Å². The van der Waals surface area contributed by atoms with Crippen molar-refractivity contribution in [3.8, 4) is 0 Å². The highest BCUT2D eigenvalue weighted by Gasteiger charge is 2.10. The van der Waals surface area contributed by atoms with Crippen LogP contribution in [0.3, 0.4) is 0 Å². The summed E-state index contributed by atoms with van der Waals surface area (Å²) in [6.07, 6.45) is 1.08. The Morgan fingerprint density at radius 3 is 2.55 bits per heavy atom. The van der Waals surface area contributed by atoms with Crippen LogP contribution in [0.5, 0.6) is 0 Å². The topological polar surface area (TPSA) is 17.1 Å². The van der Waals surface area contributed by atoms with E-state index in [1.54, 1.807) is 0 Å². The maximum Gasteiger partial charge on any atom is 0.163 e. The minimum absolute atomic E-state index is 0.0117. The Kier molecular flexibility index (Phi) is 4.56. The summed E-state index contributed by atoms with van der Waals surface area (Å²) in [5.74, 6) is -0.524. The number of hydrogen-bond acceptors (Lipinski definition) is 1. The number of carbonyl (C=O) groups excluding carboxylic acids is 1. The Labute approximate surface area is 123 Å².